The fourth-order valence-electron chi connectivity index (χ4n) is 3.12. The van der Waals surface area contributed by atoms with Crippen LogP contribution >= 0.6 is 0 Å². The summed E-state index contributed by atoms with van der Waals surface area (Å²) in [6.07, 6.45) is 3.25. The zero-order chi connectivity index (χ0) is 18.0. The van der Waals surface area contributed by atoms with E-state index in [2.05, 4.69) is 15.5 Å². The Labute approximate surface area is 147 Å². The summed E-state index contributed by atoms with van der Waals surface area (Å²) in [6.45, 7) is 6.30. The summed E-state index contributed by atoms with van der Waals surface area (Å²) in [5.74, 6) is -0.103. The molecule has 6 heteroatoms. The van der Waals surface area contributed by atoms with Crippen LogP contribution in [0.2, 0.25) is 0 Å². The average molecular weight is 340 g/mol. The Hall–Kier alpha value is -2.63. The molecule has 2 aromatic rings. The number of nitrogens with one attached hydrogen (secondary N) is 2. The van der Waals surface area contributed by atoms with E-state index in [4.69, 9.17) is 0 Å². The number of hydrogen-bond donors (Lipinski definition) is 2. The van der Waals surface area contributed by atoms with Gasteiger partial charge in [-0.2, -0.15) is 5.10 Å². The quantitative estimate of drug-likeness (QED) is 0.901. The largest absolute Gasteiger partial charge is 0.330 e. The lowest BCUT2D eigenvalue weighted by Crippen LogP contribution is -2.47. The maximum Gasteiger partial charge on any atom is 0.247 e. The standard InChI is InChI=1S/C19H24N4O2/c1-19(2,3)18(25)23-11-5-8-16(23)17(24)21-14-7-4-6-13(12-14)15-9-10-20-22-15/h4,6-7,9-10,12,16H,5,8,11H2,1-3H3,(H,20,22)(H,21,24)/t16-/m0/s1. The first kappa shape index (κ1) is 17.2. The van der Waals surface area contributed by atoms with Gasteiger partial charge in [-0.05, 0) is 31.0 Å². The molecule has 2 N–H and O–H groups in total. The van der Waals surface area contributed by atoms with Gasteiger partial charge in [0.15, 0.2) is 0 Å². The molecular formula is C19H24N4O2. The summed E-state index contributed by atoms with van der Waals surface area (Å²) in [4.78, 5) is 27.0. The van der Waals surface area contributed by atoms with E-state index in [1.165, 1.54) is 0 Å². The predicted octanol–water partition coefficient (Wildman–Crippen LogP) is 3.05. The van der Waals surface area contributed by atoms with Crippen LogP contribution in [0.4, 0.5) is 5.69 Å². The van der Waals surface area contributed by atoms with Crippen LogP contribution in [-0.4, -0.2) is 39.5 Å². The van der Waals surface area contributed by atoms with Gasteiger partial charge in [0.05, 0.1) is 5.69 Å². The molecule has 0 spiro atoms. The molecule has 2 amide bonds. The van der Waals surface area contributed by atoms with Crippen molar-refractivity contribution in [3.05, 3.63) is 36.5 Å². The summed E-state index contributed by atoms with van der Waals surface area (Å²) < 4.78 is 0. The van der Waals surface area contributed by atoms with Gasteiger partial charge in [0.2, 0.25) is 11.8 Å². The third kappa shape index (κ3) is 3.73. The molecule has 1 aliphatic rings. The number of benzene rings is 1. The summed E-state index contributed by atoms with van der Waals surface area (Å²) in [5, 5.41) is 9.82. The Bertz CT molecular complexity index is 762. The molecule has 0 bridgehead atoms. The average Bonchev–Trinajstić information content (AvgIpc) is 3.25. The van der Waals surface area contributed by atoms with Crippen molar-refractivity contribution in [2.45, 2.75) is 39.7 Å². The molecule has 1 aromatic heterocycles. The highest BCUT2D eigenvalue weighted by Crippen LogP contribution is 2.27. The molecule has 0 saturated carbocycles. The molecule has 1 atom stereocenters. The van der Waals surface area contributed by atoms with Crippen LogP contribution in [0.15, 0.2) is 36.5 Å². The molecule has 1 aromatic carbocycles. The summed E-state index contributed by atoms with van der Waals surface area (Å²) in [5.41, 5.74) is 2.07. The molecule has 6 nitrogen and oxygen atoms in total. The first-order valence-electron chi connectivity index (χ1n) is 8.58. The Morgan fingerprint density at radius 2 is 2.08 bits per heavy atom. The zero-order valence-electron chi connectivity index (χ0n) is 14.9. The molecular weight excluding hydrogens is 316 g/mol. The Morgan fingerprint density at radius 1 is 1.28 bits per heavy atom. The lowest BCUT2D eigenvalue weighted by atomic mass is 9.94. The number of rotatable bonds is 3. The summed E-state index contributed by atoms with van der Waals surface area (Å²) in [7, 11) is 0. The number of aromatic amines is 1. The summed E-state index contributed by atoms with van der Waals surface area (Å²) >= 11 is 0. The van der Waals surface area contributed by atoms with Gasteiger partial charge in [0, 0.05) is 29.4 Å². The van der Waals surface area contributed by atoms with E-state index in [1.807, 2.05) is 51.1 Å². The van der Waals surface area contributed by atoms with Crippen molar-refractivity contribution in [2.75, 3.05) is 11.9 Å². The fourth-order valence-corrected chi connectivity index (χ4v) is 3.12. The van der Waals surface area contributed by atoms with E-state index in [9.17, 15) is 9.59 Å². The van der Waals surface area contributed by atoms with E-state index in [0.29, 0.717) is 18.7 Å². The molecule has 0 aliphatic carbocycles. The molecule has 132 valence electrons. The smallest absolute Gasteiger partial charge is 0.247 e. The van der Waals surface area contributed by atoms with Crippen LogP contribution < -0.4 is 5.32 Å². The van der Waals surface area contributed by atoms with E-state index in [1.54, 1.807) is 11.1 Å². The van der Waals surface area contributed by atoms with Crippen molar-refractivity contribution in [1.82, 2.24) is 15.1 Å². The second-order valence-corrected chi connectivity index (χ2v) is 7.45. The minimum Gasteiger partial charge on any atom is -0.330 e. The molecule has 0 unspecified atom stereocenters. The topological polar surface area (TPSA) is 78.1 Å². The number of nitrogens with zero attached hydrogens (tertiary/aromatic N) is 2. The Kier molecular flexibility index (Phi) is 4.61. The van der Waals surface area contributed by atoms with Crippen LogP contribution in [0.3, 0.4) is 0 Å². The minimum absolute atomic E-state index is 0.0244. The number of H-pyrrole nitrogens is 1. The third-order valence-electron chi connectivity index (χ3n) is 4.40. The van der Waals surface area contributed by atoms with Gasteiger partial charge in [-0.15, -0.1) is 0 Å². The summed E-state index contributed by atoms with van der Waals surface area (Å²) in [6, 6.07) is 9.07. The van der Waals surface area contributed by atoms with E-state index < -0.39 is 11.5 Å². The second kappa shape index (κ2) is 6.70. The van der Waals surface area contributed by atoms with Crippen LogP contribution in [0.5, 0.6) is 0 Å². The maximum absolute atomic E-state index is 12.7. The van der Waals surface area contributed by atoms with E-state index in [0.717, 1.165) is 17.7 Å². The van der Waals surface area contributed by atoms with Crippen molar-refractivity contribution < 1.29 is 9.59 Å². The van der Waals surface area contributed by atoms with Crippen molar-refractivity contribution in [3.63, 3.8) is 0 Å². The SMILES string of the molecule is CC(C)(C)C(=O)N1CCC[C@H]1C(=O)Nc1cccc(-c2ccn[nH]2)c1. The van der Waals surface area contributed by atoms with Gasteiger partial charge in [0.1, 0.15) is 6.04 Å². The van der Waals surface area contributed by atoms with Crippen molar-refractivity contribution >= 4 is 17.5 Å². The van der Waals surface area contributed by atoms with Gasteiger partial charge < -0.3 is 10.2 Å². The number of carbonyl (C=O) groups excluding carboxylic acids is 2. The van der Waals surface area contributed by atoms with Crippen LogP contribution in [0.25, 0.3) is 11.3 Å². The van der Waals surface area contributed by atoms with Gasteiger partial charge in [-0.3, -0.25) is 14.7 Å². The maximum atomic E-state index is 12.7. The van der Waals surface area contributed by atoms with Crippen LogP contribution in [0.1, 0.15) is 33.6 Å². The molecule has 3 rings (SSSR count). The lowest BCUT2D eigenvalue weighted by molar-refractivity contribution is -0.143. The van der Waals surface area contributed by atoms with Crippen molar-refractivity contribution in [1.29, 1.82) is 0 Å². The highest BCUT2D eigenvalue weighted by atomic mass is 16.2. The van der Waals surface area contributed by atoms with E-state index >= 15 is 0 Å². The predicted molar refractivity (Wildman–Crippen MR) is 96.8 cm³/mol. The van der Waals surface area contributed by atoms with Gasteiger partial charge in [0.25, 0.3) is 0 Å². The van der Waals surface area contributed by atoms with Crippen molar-refractivity contribution in [3.8, 4) is 11.3 Å². The molecule has 0 radical (unpaired) electrons. The Morgan fingerprint density at radius 3 is 2.76 bits per heavy atom. The monoisotopic (exact) mass is 340 g/mol. The van der Waals surface area contributed by atoms with Gasteiger partial charge in [-0.1, -0.05) is 32.9 Å². The lowest BCUT2D eigenvalue weighted by Gasteiger charge is -2.30. The minimum atomic E-state index is -0.483. The zero-order valence-corrected chi connectivity index (χ0v) is 14.9. The van der Waals surface area contributed by atoms with Gasteiger partial charge in [-0.25, -0.2) is 0 Å². The van der Waals surface area contributed by atoms with E-state index in [-0.39, 0.29) is 11.8 Å². The highest BCUT2D eigenvalue weighted by Gasteiger charge is 2.38. The molecule has 1 fully saturated rings. The van der Waals surface area contributed by atoms with Gasteiger partial charge >= 0.3 is 0 Å². The highest BCUT2D eigenvalue weighted by molar-refractivity contribution is 5.98. The fraction of sp³-hybridized carbons (Fsp3) is 0.421. The number of aromatic nitrogens is 2. The van der Waals surface area contributed by atoms with Crippen LogP contribution in [-0.2, 0) is 9.59 Å². The van der Waals surface area contributed by atoms with Crippen LogP contribution in [0, 0.1) is 5.41 Å². The number of likely N-dealkylation sites (tertiary alicyclic amines) is 1. The molecule has 1 saturated heterocycles. The molecule has 25 heavy (non-hydrogen) atoms. The molecule has 2 heterocycles. The number of amides is 2. The third-order valence-corrected chi connectivity index (χ3v) is 4.40. The van der Waals surface area contributed by atoms with Crippen molar-refractivity contribution in [2.24, 2.45) is 5.41 Å². The second-order valence-electron chi connectivity index (χ2n) is 7.45. The number of hydrogen-bond acceptors (Lipinski definition) is 3. The number of carbonyl (C=O) groups is 2. The normalized spacial score (nSPS) is 17.6. The first-order chi connectivity index (χ1) is 11.9. The number of anilines is 1. The molecule has 1 aliphatic heterocycles. The first-order valence-corrected chi connectivity index (χ1v) is 8.58. The Balaban J connectivity index is 1.74.